The van der Waals surface area contributed by atoms with Crippen LogP contribution < -0.4 is 16.1 Å². The van der Waals surface area contributed by atoms with Crippen molar-refractivity contribution < 1.29 is 4.79 Å². The quantitative estimate of drug-likeness (QED) is 0.224. The van der Waals surface area contributed by atoms with Crippen LogP contribution in [-0.4, -0.2) is 41.4 Å². The van der Waals surface area contributed by atoms with Crippen LogP contribution in [0.4, 0.5) is 5.82 Å². The minimum Gasteiger partial charge on any atom is -0.370 e. The number of benzene rings is 1. The van der Waals surface area contributed by atoms with E-state index in [0.717, 1.165) is 67.7 Å². The summed E-state index contributed by atoms with van der Waals surface area (Å²) >= 11 is 6.10. The molecule has 2 aromatic heterocycles. The van der Waals surface area contributed by atoms with Gasteiger partial charge in [-0.15, -0.1) is 0 Å². The molecule has 2 radical (unpaired) electrons. The van der Waals surface area contributed by atoms with Crippen LogP contribution in [0, 0.1) is 0 Å². The number of carbonyl (C=O) groups excluding carboxylic acids is 1. The van der Waals surface area contributed by atoms with E-state index in [2.05, 4.69) is 33.7 Å². The SMILES string of the molecule is [B]c1cnn2c(NCCCCNC(=O)C3(c4ccccc4)CC3)cc(C(/C=C\CCC)=C\Cl)nc12. The van der Waals surface area contributed by atoms with E-state index in [1.807, 2.05) is 42.5 Å². The maximum Gasteiger partial charge on any atom is 0.230 e. The lowest BCUT2D eigenvalue weighted by Gasteiger charge is -2.16. The van der Waals surface area contributed by atoms with E-state index in [4.69, 9.17) is 19.4 Å². The molecule has 0 spiro atoms. The Labute approximate surface area is 213 Å². The number of fused-ring (bicyclic) bond motifs is 1. The largest absolute Gasteiger partial charge is 0.370 e. The second-order valence-corrected chi connectivity index (χ2v) is 9.17. The summed E-state index contributed by atoms with van der Waals surface area (Å²) in [7, 11) is 6.10. The first kappa shape index (κ1) is 25.1. The van der Waals surface area contributed by atoms with Crippen molar-refractivity contribution in [2.75, 3.05) is 18.4 Å². The fourth-order valence-corrected chi connectivity index (χ4v) is 4.36. The number of halogens is 1. The van der Waals surface area contributed by atoms with Crippen molar-refractivity contribution in [3.63, 3.8) is 0 Å². The highest BCUT2D eigenvalue weighted by Gasteiger charge is 2.50. The molecule has 2 heterocycles. The van der Waals surface area contributed by atoms with E-state index in [-0.39, 0.29) is 11.3 Å². The predicted molar refractivity (Wildman–Crippen MR) is 144 cm³/mol. The Bertz CT molecular complexity index is 1220. The van der Waals surface area contributed by atoms with Gasteiger partial charge in [0, 0.05) is 36.5 Å². The number of allylic oxidation sites excluding steroid dienone is 3. The molecule has 8 heteroatoms. The summed E-state index contributed by atoms with van der Waals surface area (Å²) in [4.78, 5) is 17.4. The lowest BCUT2D eigenvalue weighted by Crippen LogP contribution is -2.35. The average molecular weight is 488 g/mol. The molecule has 1 aliphatic rings. The second-order valence-electron chi connectivity index (χ2n) is 8.96. The lowest BCUT2D eigenvalue weighted by molar-refractivity contribution is -0.123. The molecule has 1 aromatic carbocycles. The molecule has 3 aromatic rings. The summed E-state index contributed by atoms with van der Waals surface area (Å²) in [6, 6.07) is 12.0. The van der Waals surface area contributed by atoms with Crippen molar-refractivity contribution in [3.8, 4) is 0 Å². The molecule has 1 fully saturated rings. The van der Waals surface area contributed by atoms with Crippen molar-refractivity contribution >= 4 is 47.9 Å². The summed E-state index contributed by atoms with van der Waals surface area (Å²) in [5, 5.41) is 10.9. The molecule has 35 heavy (non-hydrogen) atoms. The smallest absolute Gasteiger partial charge is 0.230 e. The highest BCUT2D eigenvalue weighted by atomic mass is 35.5. The van der Waals surface area contributed by atoms with Gasteiger partial charge in [0.15, 0.2) is 5.65 Å². The number of anilines is 1. The molecule has 6 nitrogen and oxygen atoms in total. The summed E-state index contributed by atoms with van der Waals surface area (Å²) in [6.07, 6.45) is 11.3. The molecule has 1 amide bonds. The first-order chi connectivity index (χ1) is 17.1. The first-order valence-corrected chi connectivity index (χ1v) is 12.7. The monoisotopic (exact) mass is 487 g/mol. The van der Waals surface area contributed by atoms with Crippen LogP contribution >= 0.6 is 11.6 Å². The minimum atomic E-state index is -0.322. The third kappa shape index (κ3) is 5.78. The molecule has 1 saturated carbocycles. The van der Waals surface area contributed by atoms with Gasteiger partial charge in [0.25, 0.3) is 0 Å². The lowest BCUT2D eigenvalue weighted by atomic mass is 9.95. The Morgan fingerprint density at radius 1 is 1.23 bits per heavy atom. The highest BCUT2D eigenvalue weighted by molar-refractivity contribution is 6.36. The molecule has 1 aliphatic carbocycles. The molecular formula is C27H31BClN5O. The van der Waals surface area contributed by atoms with Gasteiger partial charge in [-0.25, -0.2) is 4.98 Å². The van der Waals surface area contributed by atoms with Crippen molar-refractivity contribution in [2.45, 2.75) is 50.9 Å². The van der Waals surface area contributed by atoms with E-state index in [9.17, 15) is 4.79 Å². The number of nitrogens with one attached hydrogen (secondary N) is 2. The Morgan fingerprint density at radius 2 is 2.00 bits per heavy atom. The molecular weight excluding hydrogens is 457 g/mol. The molecule has 0 atom stereocenters. The van der Waals surface area contributed by atoms with Gasteiger partial charge in [-0.3, -0.25) is 4.79 Å². The van der Waals surface area contributed by atoms with Crippen molar-refractivity contribution in [1.29, 1.82) is 0 Å². The Hall–Kier alpha value is -3.06. The number of carbonyl (C=O) groups is 1. The van der Waals surface area contributed by atoms with E-state index >= 15 is 0 Å². The van der Waals surface area contributed by atoms with Gasteiger partial charge in [-0.1, -0.05) is 67.4 Å². The summed E-state index contributed by atoms with van der Waals surface area (Å²) < 4.78 is 1.71. The predicted octanol–water partition coefficient (Wildman–Crippen LogP) is 4.50. The van der Waals surface area contributed by atoms with Crippen molar-refractivity contribution in [1.82, 2.24) is 19.9 Å². The average Bonchev–Trinajstić information content (AvgIpc) is 3.62. The summed E-state index contributed by atoms with van der Waals surface area (Å²) in [5.41, 5.74) is 4.98. The number of hydrogen-bond donors (Lipinski definition) is 2. The molecule has 4 rings (SSSR count). The van der Waals surface area contributed by atoms with E-state index < -0.39 is 0 Å². The summed E-state index contributed by atoms with van der Waals surface area (Å²) in [6.45, 7) is 3.51. The van der Waals surface area contributed by atoms with Gasteiger partial charge in [0.05, 0.1) is 11.1 Å². The van der Waals surface area contributed by atoms with Crippen molar-refractivity contribution in [2.24, 2.45) is 0 Å². The zero-order valence-corrected chi connectivity index (χ0v) is 20.9. The normalized spacial score (nSPS) is 15.0. The van der Waals surface area contributed by atoms with Gasteiger partial charge < -0.3 is 10.6 Å². The first-order valence-electron chi connectivity index (χ1n) is 12.3. The number of unbranched alkanes of at least 4 members (excludes halogenated alkanes) is 2. The van der Waals surface area contributed by atoms with Gasteiger partial charge in [-0.2, -0.15) is 9.61 Å². The van der Waals surface area contributed by atoms with Gasteiger partial charge in [-0.05, 0) is 43.1 Å². The number of rotatable bonds is 12. The van der Waals surface area contributed by atoms with Crippen LogP contribution in [0.15, 0.2) is 60.3 Å². The Morgan fingerprint density at radius 3 is 2.71 bits per heavy atom. The topological polar surface area (TPSA) is 71.3 Å². The molecule has 0 saturated heterocycles. The van der Waals surface area contributed by atoms with Gasteiger partial charge in [0.1, 0.15) is 13.7 Å². The van der Waals surface area contributed by atoms with Gasteiger partial charge in [0.2, 0.25) is 5.91 Å². The zero-order valence-electron chi connectivity index (χ0n) is 20.1. The van der Waals surface area contributed by atoms with Crippen LogP contribution in [0.2, 0.25) is 0 Å². The van der Waals surface area contributed by atoms with Crippen LogP contribution in [0.3, 0.4) is 0 Å². The van der Waals surface area contributed by atoms with E-state index in [1.165, 1.54) is 5.54 Å². The van der Waals surface area contributed by atoms with Crippen LogP contribution in [0.25, 0.3) is 11.2 Å². The number of nitrogens with zero attached hydrogens (tertiary/aromatic N) is 3. The van der Waals surface area contributed by atoms with Gasteiger partial charge >= 0.3 is 0 Å². The molecule has 180 valence electrons. The fraction of sp³-hybridized carbons (Fsp3) is 0.370. The second kappa shape index (κ2) is 11.6. The number of amides is 1. The van der Waals surface area contributed by atoms with Crippen LogP contribution in [-0.2, 0) is 10.2 Å². The fourth-order valence-electron chi connectivity index (χ4n) is 4.17. The number of aromatic nitrogens is 3. The zero-order chi connectivity index (χ0) is 24.7. The Balaban J connectivity index is 1.32. The minimum absolute atomic E-state index is 0.140. The van der Waals surface area contributed by atoms with Crippen LogP contribution in [0.5, 0.6) is 0 Å². The maximum absolute atomic E-state index is 12.8. The van der Waals surface area contributed by atoms with Crippen molar-refractivity contribution in [3.05, 3.63) is 71.5 Å². The highest BCUT2D eigenvalue weighted by Crippen LogP contribution is 2.48. The third-order valence-corrected chi connectivity index (χ3v) is 6.61. The standard InChI is InChI=1S/C27H31BClN5O/c1-2-3-5-10-20(18-29)23-17-24(34-25(33-23)22(28)19-32-34)30-15-8-9-16-31-26(35)27(13-14-27)21-11-6-4-7-12-21/h4-7,10-12,17-19,30H,2-3,8-9,13-16H2,1H3,(H,31,35)/b10-5-,20-18-. The molecule has 0 unspecified atom stereocenters. The molecule has 2 N–H and O–H groups in total. The molecule has 0 bridgehead atoms. The van der Waals surface area contributed by atoms with E-state index in [1.54, 1.807) is 10.7 Å². The van der Waals surface area contributed by atoms with Crippen LogP contribution in [0.1, 0.15) is 56.7 Å². The Kier molecular flexibility index (Phi) is 8.29. The third-order valence-electron chi connectivity index (χ3n) is 6.37. The van der Waals surface area contributed by atoms with E-state index in [0.29, 0.717) is 17.7 Å². The number of hydrogen-bond acceptors (Lipinski definition) is 4. The molecule has 0 aliphatic heterocycles. The maximum atomic E-state index is 12.8. The summed E-state index contributed by atoms with van der Waals surface area (Å²) in [5.74, 6) is 0.937.